The van der Waals surface area contributed by atoms with Crippen molar-refractivity contribution in [2.75, 3.05) is 6.61 Å². The Labute approximate surface area is 70.3 Å². The summed E-state index contributed by atoms with van der Waals surface area (Å²) in [4.78, 5) is 18.8. The number of primary amides is 1. The molecule has 1 atom stereocenters. The summed E-state index contributed by atoms with van der Waals surface area (Å²) < 4.78 is 18.9. The molecule has 6 nitrogen and oxygen atoms in total. The van der Waals surface area contributed by atoms with Crippen LogP contribution >= 0.6 is 7.82 Å². The van der Waals surface area contributed by atoms with Crippen molar-refractivity contribution in [2.24, 2.45) is 11.7 Å². The second-order valence-electron chi connectivity index (χ2n) is 2.57. The number of phosphoric ester groups is 1. The molecule has 0 radical (unpaired) electrons. The third kappa shape index (κ3) is 6.15. The van der Waals surface area contributed by atoms with Crippen LogP contribution in [0.1, 0.15) is 13.8 Å². The maximum atomic E-state index is 10.7. The second kappa shape index (κ2) is 4.45. The molecular weight excluding hydrogens is 185 g/mol. The van der Waals surface area contributed by atoms with E-state index >= 15 is 0 Å². The Morgan fingerprint density at radius 1 is 1.67 bits per heavy atom. The number of carbonyl (C=O) groups is 1. The molecule has 0 aliphatic heterocycles. The Morgan fingerprint density at radius 2 is 2.17 bits per heavy atom. The fourth-order valence-corrected chi connectivity index (χ4v) is 1.15. The first-order chi connectivity index (χ1) is 5.33. The molecule has 0 bridgehead atoms. The molecule has 1 amide bonds. The first-order valence-corrected chi connectivity index (χ1v) is 4.79. The summed E-state index contributed by atoms with van der Waals surface area (Å²) in [6.45, 7) is 3.59. The lowest BCUT2D eigenvalue weighted by Gasteiger charge is -2.11. The standard InChI is InChI=1S/C5H12NO5P/c1-4(2)3-10-12(8,9)11-5(6)7/h4H,3H2,1-2H3,(H2,6,7)(H,8,9). The van der Waals surface area contributed by atoms with Gasteiger partial charge in [0.2, 0.25) is 0 Å². The molecule has 0 aliphatic rings. The SMILES string of the molecule is CC(C)COP(=O)(O)OC(N)=O. The van der Waals surface area contributed by atoms with E-state index in [1.165, 1.54) is 0 Å². The van der Waals surface area contributed by atoms with Gasteiger partial charge in [-0.2, -0.15) is 0 Å². The van der Waals surface area contributed by atoms with Crippen LogP contribution in [0.25, 0.3) is 0 Å². The number of amides is 1. The Bertz CT molecular complexity index is 204. The molecule has 3 N–H and O–H groups in total. The summed E-state index contributed by atoms with van der Waals surface area (Å²) in [7, 11) is -4.28. The molecule has 0 aliphatic carbocycles. The van der Waals surface area contributed by atoms with Gasteiger partial charge in [-0.25, -0.2) is 9.36 Å². The molecule has 0 aromatic heterocycles. The van der Waals surface area contributed by atoms with Gasteiger partial charge >= 0.3 is 13.9 Å². The van der Waals surface area contributed by atoms with Gasteiger partial charge in [-0.3, -0.25) is 9.42 Å². The number of rotatable bonds is 4. The van der Waals surface area contributed by atoms with Gasteiger partial charge in [0.05, 0.1) is 6.61 Å². The Kier molecular flexibility index (Phi) is 4.23. The van der Waals surface area contributed by atoms with Crippen molar-refractivity contribution < 1.29 is 23.3 Å². The summed E-state index contributed by atoms with van der Waals surface area (Å²) in [5, 5.41) is 0. The molecule has 0 aromatic rings. The van der Waals surface area contributed by atoms with Crippen LogP contribution in [0.5, 0.6) is 0 Å². The summed E-state index contributed by atoms with van der Waals surface area (Å²) >= 11 is 0. The molecular formula is C5H12NO5P. The van der Waals surface area contributed by atoms with Gasteiger partial charge in [0.15, 0.2) is 0 Å². The fraction of sp³-hybridized carbons (Fsp3) is 0.800. The molecule has 12 heavy (non-hydrogen) atoms. The van der Waals surface area contributed by atoms with E-state index in [2.05, 4.69) is 14.8 Å². The molecule has 0 rings (SSSR count). The Morgan fingerprint density at radius 3 is 2.50 bits per heavy atom. The third-order valence-corrected chi connectivity index (χ3v) is 1.66. The van der Waals surface area contributed by atoms with Gasteiger partial charge in [0.1, 0.15) is 0 Å². The predicted molar refractivity (Wildman–Crippen MR) is 41.3 cm³/mol. The number of hydrogen-bond donors (Lipinski definition) is 2. The van der Waals surface area contributed by atoms with E-state index in [1.807, 2.05) is 0 Å². The topological polar surface area (TPSA) is 98.8 Å². The van der Waals surface area contributed by atoms with Crippen molar-refractivity contribution in [1.82, 2.24) is 0 Å². The zero-order valence-electron chi connectivity index (χ0n) is 6.89. The highest BCUT2D eigenvalue weighted by Crippen LogP contribution is 2.43. The molecule has 0 heterocycles. The van der Waals surface area contributed by atoms with Crippen LogP contribution < -0.4 is 5.73 Å². The normalized spacial score (nSPS) is 15.7. The van der Waals surface area contributed by atoms with Crippen LogP contribution in [-0.2, 0) is 13.6 Å². The maximum Gasteiger partial charge on any atom is 0.530 e. The first kappa shape index (κ1) is 11.4. The minimum Gasteiger partial charge on any atom is -0.354 e. The summed E-state index contributed by atoms with van der Waals surface area (Å²) in [5.41, 5.74) is 4.51. The van der Waals surface area contributed by atoms with Gasteiger partial charge in [0.25, 0.3) is 0 Å². The average molecular weight is 197 g/mol. The smallest absolute Gasteiger partial charge is 0.354 e. The number of nitrogens with two attached hydrogens (primary N) is 1. The largest absolute Gasteiger partial charge is 0.530 e. The quantitative estimate of drug-likeness (QED) is 0.651. The molecule has 0 aromatic carbocycles. The monoisotopic (exact) mass is 197 g/mol. The predicted octanol–water partition coefficient (Wildman–Crippen LogP) is 0.855. The van der Waals surface area contributed by atoms with Crippen LogP contribution in [0, 0.1) is 5.92 Å². The van der Waals surface area contributed by atoms with Crippen molar-refractivity contribution in [1.29, 1.82) is 0 Å². The average Bonchev–Trinajstić information content (AvgIpc) is 1.81. The van der Waals surface area contributed by atoms with Crippen molar-refractivity contribution >= 4 is 13.9 Å². The van der Waals surface area contributed by atoms with Crippen LogP contribution in [-0.4, -0.2) is 17.6 Å². The Hall–Kier alpha value is -0.580. The van der Waals surface area contributed by atoms with Gasteiger partial charge in [0, 0.05) is 0 Å². The highest BCUT2D eigenvalue weighted by atomic mass is 31.2. The molecule has 0 saturated carbocycles. The van der Waals surface area contributed by atoms with Gasteiger partial charge in [-0.15, -0.1) is 0 Å². The van der Waals surface area contributed by atoms with E-state index in [0.29, 0.717) is 0 Å². The summed E-state index contributed by atoms with van der Waals surface area (Å²) in [6.07, 6.45) is -1.33. The number of carbonyl (C=O) groups excluding carboxylic acids is 1. The van der Waals surface area contributed by atoms with E-state index in [4.69, 9.17) is 4.89 Å². The van der Waals surface area contributed by atoms with E-state index < -0.39 is 13.9 Å². The van der Waals surface area contributed by atoms with Gasteiger partial charge in [-0.05, 0) is 5.92 Å². The van der Waals surface area contributed by atoms with E-state index in [0.717, 1.165) is 0 Å². The van der Waals surface area contributed by atoms with Crippen LogP contribution in [0.2, 0.25) is 0 Å². The van der Waals surface area contributed by atoms with Gasteiger partial charge in [-0.1, -0.05) is 13.8 Å². The second-order valence-corrected chi connectivity index (χ2v) is 3.95. The van der Waals surface area contributed by atoms with Crippen LogP contribution in [0.3, 0.4) is 0 Å². The number of phosphoric acid groups is 1. The van der Waals surface area contributed by atoms with Gasteiger partial charge < -0.3 is 10.3 Å². The van der Waals surface area contributed by atoms with Crippen LogP contribution in [0.15, 0.2) is 0 Å². The van der Waals surface area contributed by atoms with Crippen molar-refractivity contribution in [3.8, 4) is 0 Å². The first-order valence-electron chi connectivity index (χ1n) is 3.30. The third-order valence-electron chi connectivity index (χ3n) is 0.776. The minimum absolute atomic E-state index is 0.0288. The summed E-state index contributed by atoms with van der Waals surface area (Å²) in [5.74, 6) is 0.0713. The molecule has 0 spiro atoms. The van der Waals surface area contributed by atoms with Crippen molar-refractivity contribution in [3.05, 3.63) is 0 Å². The molecule has 72 valence electrons. The Balaban J connectivity index is 3.88. The molecule has 0 fully saturated rings. The number of hydrogen-bond acceptors (Lipinski definition) is 4. The lowest BCUT2D eigenvalue weighted by molar-refractivity contribution is 0.149. The molecule has 7 heteroatoms. The molecule has 0 saturated heterocycles. The van der Waals surface area contributed by atoms with Crippen molar-refractivity contribution in [3.63, 3.8) is 0 Å². The van der Waals surface area contributed by atoms with Crippen molar-refractivity contribution in [2.45, 2.75) is 13.8 Å². The lowest BCUT2D eigenvalue weighted by Crippen LogP contribution is -2.13. The van der Waals surface area contributed by atoms with E-state index in [1.54, 1.807) is 13.8 Å². The van der Waals surface area contributed by atoms with E-state index in [-0.39, 0.29) is 12.5 Å². The zero-order chi connectivity index (χ0) is 9.78. The lowest BCUT2D eigenvalue weighted by atomic mass is 10.2. The van der Waals surface area contributed by atoms with E-state index in [9.17, 15) is 9.36 Å². The van der Waals surface area contributed by atoms with Crippen LogP contribution in [0.4, 0.5) is 4.79 Å². The molecule has 1 unspecified atom stereocenters. The highest BCUT2D eigenvalue weighted by Gasteiger charge is 2.24. The highest BCUT2D eigenvalue weighted by molar-refractivity contribution is 7.48. The summed E-state index contributed by atoms with van der Waals surface area (Å²) in [6, 6.07) is 0. The zero-order valence-corrected chi connectivity index (χ0v) is 7.78. The maximum absolute atomic E-state index is 10.7. The minimum atomic E-state index is -4.28. The fourth-order valence-electron chi connectivity index (χ4n) is 0.383.